The topological polar surface area (TPSA) is 49.4 Å². The predicted octanol–water partition coefficient (Wildman–Crippen LogP) is 2.22. The zero-order valence-corrected chi connectivity index (χ0v) is 12.9. The Hall–Kier alpha value is -0.330. The molecule has 1 atom stereocenters. The van der Waals surface area contributed by atoms with Gasteiger partial charge in [-0.05, 0) is 38.1 Å². The number of nitrogens with one attached hydrogen (secondary N) is 1. The molecule has 0 bridgehead atoms. The van der Waals surface area contributed by atoms with Crippen LogP contribution in [0.1, 0.15) is 6.42 Å². The summed E-state index contributed by atoms with van der Waals surface area (Å²) in [6.45, 7) is 1.86. The largest absolute Gasteiger partial charge is 0.319 e. The highest BCUT2D eigenvalue weighted by molar-refractivity contribution is 7.89. The van der Waals surface area contributed by atoms with Crippen LogP contribution in [0.15, 0.2) is 23.1 Å². The lowest BCUT2D eigenvalue weighted by Crippen LogP contribution is -2.30. The van der Waals surface area contributed by atoms with Crippen molar-refractivity contribution in [2.75, 3.05) is 26.7 Å². The van der Waals surface area contributed by atoms with Crippen LogP contribution in [0, 0.1) is 5.92 Å². The Morgan fingerprint density at radius 3 is 2.84 bits per heavy atom. The van der Waals surface area contributed by atoms with Gasteiger partial charge in [0, 0.05) is 13.1 Å². The van der Waals surface area contributed by atoms with Gasteiger partial charge in [0.25, 0.3) is 0 Å². The Balaban J connectivity index is 2.26. The SMILES string of the molecule is CNCC1CCN(S(=O)(=O)c2cccc(Cl)c2Cl)C1. The Bertz CT molecular complexity index is 563. The van der Waals surface area contributed by atoms with Crippen molar-refractivity contribution >= 4 is 33.2 Å². The van der Waals surface area contributed by atoms with Crippen molar-refractivity contribution in [1.29, 1.82) is 0 Å². The van der Waals surface area contributed by atoms with E-state index in [9.17, 15) is 8.42 Å². The molecule has 0 aliphatic carbocycles. The Kier molecular flexibility index (Phi) is 4.74. The third kappa shape index (κ3) is 3.06. The van der Waals surface area contributed by atoms with Crippen molar-refractivity contribution in [3.05, 3.63) is 28.2 Å². The molecule has 4 nitrogen and oxygen atoms in total. The van der Waals surface area contributed by atoms with E-state index in [1.807, 2.05) is 7.05 Å². The molecule has 1 aliphatic rings. The van der Waals surface area contributed by atoms with Crippen LogP contribution in [0.3, 0.4) is 0 Å². The van der Waals surface area contributed by atoms with Crippen molar-refractivity contribution in [2.24, 2.45) is 5.92 Å². The molecule has 106 valence electrons. The summed E-state index contributed by atoms with van der Waals surface area (Å²) in [5.41, 5.74) is 0. The van der Waals surface area contributed by atoms with E-state index in [1.165, 1.54) is 10.4 Å². The Morgan fingerprint density at radius 2 is 2.16 bits per heavy atom. The second kappa shape index (κ2) is 5.97. The van der Waals surface area contributed by atoms with Crippen LogP contribution in [0.2, 0.25) is 10.0 Å². The maximum atomic E-state index is 12.5. The monoisotopic (exact) mass is 322 g/mol. The molecule has 0 radical (unpaired) electrons. The van der Waals surface area contributed by atoms with Gasteiger partial charge in [-0.25, -0.2) is 8.42 Å². The molecular weight excluding hydrogens is 307 g/mol. The van der Waals surface area contributed by atoms with Gasteiger partial charge in [-0.1, -0.05) is 29.3 Å². The average molecular weight is 323 g/mol. The summed E-state index contributed by atoms with van der Waals surface area (Å²) in [7, 11) is -1.69. The molecule has 0 saturated carbocycles. The lowest BCUT2D eigenvalue weighted by Gasteiger charge is -2.17. The van der Waals surface area contributed by atoms with Crippen LogP contribution in [0.4, 0.5) is 0 Å². The summed E-state index contributed by atoms with van der Waals surface area (Å²) in [6, 6.07) is 4.67. The maximum absolute atomic E-state index is 12.5. The molecule has 1 unspecified atom stereocenters. The number of rotatable bonds is 4. The molecule has 0 aromatic heterocycles. The van der Waals surface area contributed by atoms with Gasteiger partial charge in [0.1, 0.15) is 4.90 Å². The normalized spacial score (nSPS) is 20.9. The van der Waals surface area contributed by atoms with Crippen molar-refractivity contribution < 1.29 is 8.42 Å². The lowest BCUT2D eigenvalue weighted by atomic mass is 10.1. The maximum Gasteiger partial charge on any atom is 0.244 e. The number of halogens is 2. The Labute approximate surface area is 123 Å². The van der Waals surface area contributed by atoms with E-state index in [1.54, 1.807) is 12.1 Å². The van der Waals surface area contributed by atoms with Crippen LogP contribution < -0.4 is 5.32 Å². The molecule has 0 spiro atoms. The first kappa shape index (κ1) is 15.1. The molecule has 2 rings (SSSR count). The third-order valence-corrected chi connectivity index (χ3v) is 6.11. The fourth-order valence-corrected chi connectivity index (χ4v) is 4.56. The first-order chi connectivity index (χ1) is 8.96. The lowest BCUT2D eigenvalue weighted by molar-refractivity contribution is 0.451. The first-order valence-electron chi connectivity index (χ1n) is 6.05. The molecule has 0 amide bonds. The molecule has 1 fully saturated rings. The van der Waals surface area contributed by atoms with Gasteiger partial charge in [-0.15, -0.1) is 0 Å². The number of nitrogens with zero attached hydrogens (tertiary/aromatic N) is 1. The number of hydrogen-bond acceptors (Lipinski definition) is 3. The summed E-state index contributed by atoms with van der Waals surface area (Å²) in [6.07, 6.45) is 0.859. The van der Waals surface area contributed by atoms with E-state index in [0.717, 1.165) is 13.0 Å². The molecule has 1 saturated heterocycles. The summed E-state index contributed by atoms with van der Waals surface area (Å²) in [4.78, 5) is 0.0896. The highest BCUT2D eigenvalue weighted by Crippen LogP contribution is 2.32. The first-order valence-corrected chi connectivity index (χ1v) is 8.25. The molecule has 1 aliphatic heterocycles. The Morgan fingerprint density at radius 1 is 1.42 bits per heavy atom. The van der Waals surface area contributed by atoms with Gasteiger partial charge in [-0.2, -0.15) is 4.31 Å². The standard InChI is InChI=1S/C12H16Cl2N2O2S/c1-15-7-9-5-6-16(8-9)19(17,18)11-4-2-3-10(13)12(11)14/h2-4,9,15H,5-8H2,1H3. The van der Waals surface area contributed by atoms with E-state index in [4.69, 9.17) is 23.2 Å². The minimum Gasteiger partial charge on any atom is -0.319 e. The van der Waals surface area contributed by atoms with Gasteiger partial charge in [-0.3, -0.25) is 0 Å². The van der Waals surface area contributed by atoms with E-state index in [-0.39, 0.29) is 14.9 Å². The van der Waals surface area contributed by atoms with Crippen molar-refractivity contribution in [3.8, 4) is 0 Å². The number of hydrogen-bond donors (Lipinski definition) is 1. The van der Waals surface area contributed by atoms with Gasteiger partial charge in [0.15, 0.2) is 0 Å². The summed E-state index contributed by atoms with van der Waals surface area (Å²) < 4.78 is 26.5. The van der Waals surface area contributed by atoms with Crippen LogP contribution in [0.5, 0.6) is 0 Å². The second-order valence-corrected chi connectivity index (χ2v) is 7.32. The predicted molar refractivity (Wildman–Crippen MR) is 77.3 cm³/mol. The van der Waals surface area contributed by atoms with E-state index < -0.39 is 10.0 Å². The van der Waals surface area contributed by atoms with E-state index in [0.29, 0.717) is 19.0 Å². The van der Waals surface area contributed by atoms with Crippen molar-refractivity contribution in [2.45, 2.75) is 11.3 Å². The van der Waals surface area contributed by atoms with Crippen LogP contribution in [-0.2, 0) is 10.0 Å². The summed E-state index contributed by atoms with van der Waals surface area (Å²) in [5.74, 6) is 0.345. The van der Waals surface area contributed by atoms with Crippen LogP contribution >= 0.6 is 23.2 Å². The minimum absolute atomic E-state index is 0.0896. The van der Waals surface area contributed by atoms with Crippen LogP contribution in [0.25, 0.3) is 0 Å². The minimum atomic E-state index is -3.55. The van der Waals surface area contributed by atoms with Gasteiger partial charge in [0.05, 0.1) is 10.0 Å². The van der Waals surface area contributed by atoms with E-state index in [2.05, 4.69) is 5.32 Å². The molecule has 1 heterocycles. The zero-order valence-electron chi connectivity index (χ0n) is 10.6. The van der Waals surface area contributed by atoms with E-state index >= 15 is 0 Å². The van der Waals surface area contributed by atoms with Gasteiger partial charge in [0.2, 0.25) is 10.0 Å². The second-order valence-electron chi connectivity index (χ2n) is 4.63. The van der Waals surface area contributed by atoms with Gasteiger partial charge < -0.3 is 5.32 Å². The van der Waals surface area contributed by atoms with Gasteiger partial charge >= 0.3 is 0 Å². The van der Waals surface area contributed by atoms with Crippen LogP contribution in [-0.4, -0.2) is 39.4 Å². The zero-order chi connectivity index (χ0) is 14.0. The summed E-state index contributed by atoms with van der Waals surface area (Å²) in [5, 5.41) is 3.43. The molecule has 1 N–H and O–H groups in total. The molecule has 1 aromatic rings. The molecular formula is C12H16Cl2N2O2S. The number of benzene rings is 1. The highest BCUT2D eigenvalue weighted by atomic mass is 35.5. The molecule has 19 heavy (non-hydrogen) atoms. The van der Waals surface area contributed by atoms with Crippen molar-refractivity contribution in [1.82, 2.24) is 9.62 Å². The average Bonchev–Trinajstić information content (AvgIpc) is 2.82. The fraction of sp³-hybridized carbons (Fsp3) is 0.500. The van der Waals surface area contributed by atoms with Crippen molar-refractivity contribution in [3.63, 3.8) is 0 Å². The quantitative estimate of drug-likeness (QED) is 0.924. The number of sulfonamides is 1. The smallest absolute Gasteiger partial charge is 0.244 e. The summed E-state index contributed by atoms with van der Waals surface area (Å²) >= 11 is 11.9. The fourth-order valence-electron chi connectivity index (χ4n) is 2.29. The highest BCUT2D eigenvalue weighted by Gasteiger charge is 2.33. The third-order valence-electron chi connectivity index (χ3n) is 3.28. The molecule has 7 heteroatoms. The molecule has 1 aromatic carbocycles.